The molecule has 0 amide bonds. The minimum absolute atomic E-state index is 0.552. The third kappa shape index (κ3) is 5.91. The summed E-state index contributed by atoms with van der Waals surface area (Å²) >= 11 is 0. The van der Waals surface area contributed by atoms with Crippen LogP contribution in [-0.4, -0.2) is 30.6 Å². The third-order valence-electron chi connectivity index (χ3n) is 2.56. The first-order chi connectivity index (χ1) is 9.67. The van der Waals surface area contributed by atoms with Crippen LogP contribution in [-0.2, 0) is 6.54 Å². The number of guanidine groups is 1. The molecule has 0 spiro atoms. The Kier molecular flexibility index (Phi) is 7.47. The number of aliphatic imine (C=N–C) groups is 1. The van der Waals surface area contributed by atoms with Crippen molar-refractivity contribution in [1.82, 2.24) is 15.6 Å². The van der Waals surface area contributed by atoms with Gasteiger partial charge in [0.05, 0.1) is 13.2 Å². The van der Waals surface area contributed by atoms with Gasteiger partial charge < -0.3 is 15.4 Å². The smallest absolute Gasteiger partial charge is 0.218 e. The first-order valence-electron chi connectivity index (χ1n) is 7.26. The lowest BCUT2D eigenvalue weighted by atomic mass is 10.2. The molecule has 1 aromatic rings. The number of rotatable bonds is 7. The van der Waals surface area contributed by atoms with E-state index in [1.165, 1.54) is 0 Å². The average molecular weight is 278 g/mol. The van der Waals surface area contributed by atoms with E-state index in [4.69, 9.17) is 4.74 Å². The fourth-order valence-electron chi connectivity index (χ4n) is 1.62. The maximum atomic E-state index is 5.51. The Hall–Kier alpha value is -1.78. The van der Waals surface area contributed by atoms with Gasteiger partial charge in [-0.15, -0.1) is 0 Å². The monoisotopic (exact) mass is 278 g/mol. The fraction of sp³-hybridized carbons (Fsp3) is 0.600. The molecule has 5 heteroatoms. The molecule has 20 heavy (non-hydrogen) atoms. The lowest BCUT2D eigenvalue weighted by Crippen LogP contribution is -2.39. The van der Waals surface area contributed by atoms with E-state index in [0.717, 1.165) is 24.6 Å². The summed E-state index contributed by atoms with van der Waals surface area (Å²) in [7, 11) is 0. The highest BCUT2D eigenvalue weighted by Gasteiger charge is 2.04. The van der Waals surface area contributed by atoms with Crippen LogP contribution >= 0.6 is 0 Å². The van der Waals surface area contributed by atoms with Gasteiger partial charge in [-0.3, -0.25) is 0 Å². The number of nitrogens with zero attached hydrogens (tertiary/aromatic N) is 2. The first-order valence-corrected chi connectivity index (χ1v) is 7.26. The molecule has 0 unspecified atom stereocenters. The summed E-state index contributed by atoms with van der Waals surface area (Å²) in [4.78, 5) is 8.81. The quantitative estimate of drug-likeness (QED) is 0.593. The number of hydrogen-bond donors (Lipinski definition) is 2. The van der Waals surface area contributed by atoms with Crippen LogP contribution in [0.15, 0.2) is 23.3 Å². The van der Waals surface area contributed by atoms with Crippen molar-refractivity contribution in [3.63, 3.8) is 0 Å². The van der Waals surface area contributed by atoms with Crippen LogP contribution in [0, 0.1) is 5.92 Å². The van der Waals surface area contributed by atoms with Crippen molar-refractivity contribution in [1.29, 1.82) is 0 Å². The highest BCUT2D eigenvalue weighted by atomic mass is 16.5. The van der Waals surface area contributed by atoms with Gasteiger partial charge in [-0.1, -0.05) is 19.9 Å². The molecule has 0 atom stereocenters. The normalized spacial score (nSPS) is 11.6. The van der Waals surface area contributed by atoms with Crippen molar-refractivity contribution < 1.29 is 4.74 Å². The Labute approximate surface area is 121 Å². The molecule has 1 heterocycles. The van der Waals surface area contributed by atoms with Crippen LogP contribution in [0.1, 0.15) is 33.3 Å². The number of nitrogens with one attached hydrogen (secondary N) is 2. The summed E-state index contributed by atoms with van der Waals surface area (Å²) in [5.74, 6) is 2.07. The molecule has 5 nitrogen and oxygen atoms in total. The molecule has 0 saturated heterocycles. The van der Waals surface area contributed by atoms with Gasteiger partial charge in [0.1, 0.15) is 0 Å². The molecule has 0 fully saturated rings. The van der Waals surface area contributed by atoms with E-state index in [0.29, 0.717) is 24.9 Å². The standard InChI is InChI=1S/C15H26N4O/c1-5-16-15(18-10-12(3)4)19-11-13-8-7-9-17-14(13)20-6-2/h7-9,12H,5-6,10-11H2,1-4H3,(H2,16,18,19). The molecular weight excluding hydrogens is 252 g/mol. The molecule has 1 rings (SSSR count). The Balaban J connectivity index is 2.70. The molecule has 112 valence electrons. The van der Waals surface area contributed by atoms with Crippen molar-refractivity contribution in [3.8, 4) is 5.88 Å². The molecule has 2 N–H and O–H groups in total. The second-order valence-corrected chi connectivity index (χ2v) is 4.87. The van der Waals surface area contributed by atoms with Gasteiger partial charge in [-0.2, -0.15) is 0 Å². The fourth-order valence-corrected chi connectivity index (χ4v) is 1.62. The Morgan fingerprint density at radius 3 is 2.80 bits per heavy atom. The second-order valence-electron chi connectivity index (χ2n) is 4.87. The van der Waals surface area contributed by atoms with E-state index in [1.54, 1.807) is 6.20 Å². The number of ether oxygens (including phenoxy) is 1. The Morgan fingerprint density at radius 1 is 1.35 bits per heavy atom. The summed E-state index contributed by atoms with van der Waals surface area (Å²) in [5.41, 5.74) is 0.996. The summed E-state index contributed by atoms with van der Waals surface area (Å²) in [5, 5.41) is 6.56. The maximum Gasteiger partial charge on any atom is 0.218 e. The lowest BCUT2D eigenvalue weighted by molar-refractivity contribution is 0.323. The van der Waals surface area contributed by atoms with Crippen LogP contribution in [0.3, 0.4) is 0 Å². The van der Waals surface area contributed by atoms with E-state index in [9.17, 15) is 0 Å². The lowest BCUT2D eigenvalue weighted by Gasteiger charge is -2.13. The van der Waals surface area contributed by atoms with Gasteiger partial charge in [0.2, 0.25) is 5.88 Å². The summed E-state index contributed by atoms with van der Waals surface area (Å²) in [6, 6.07) is 3.90. The zero-order valence-corrected chi connectivity index (χ0v) is 12.9. The largest absolute Gasteiger partial charge is 0.478 e. The van der Waals surface area contributed by atoms with Crippen LogP contribution in [0.2, 0.25) is 0 Å². The molecule has 1 aromatic heterocycles. The zero-order chi connectivity index (χ0) is 14.8. The highest BCUT2D eigenvalue weighted by molar-refractivity contribution is 5.79. The average Bonchev–Trinajstić information content (AvgIpc) is 2.43. The van der Waals surface area contributed by atoms with E-state index in [-0.39, 0.29) is 0 Å². The van der Waals surface area contributed by atoms with E-state index < -0.39 is 0 Å². The van der Waals surface area contributed by atoms with Crippen molar-refractivity contribution in [3.05, 3.63) is 23.9 Å². The van der Waals surface area contributed by atoms with Crippen LogP contribution in [0.4, 0.5) is 0 Å². The molecule has 0 radical (unpaired) electrons. The third-order valence-corrected chi connectivity index (χ3v) is 2.56. The maximum absolute atomic E-state index is 5.51. The van der Waals surface area contributed by atoms with Gasteiger partial charge in [-0.05, 0) is 25.8 Å². The minimum atomic E-state index is 0.552. The molecule has 0 aliphatic carbocycles. The van der Waals surface area contributed by atoms with Crippen molar-refractivity contribution in [2.24, 2.45) is 10.9 Å². The predicted octanol–water partition coefficient (Wildman–Crippen LogP) is 2.19. The van der Waals surface area contributed by atoms with Gasteiger partial charge in [-0.25, -0.2) is 9.98 Å². The van der Waals surface area contributed by atoms with E-state index >= 15 is 0 Å². The Bertz CT molecular complexity index is 418. The minimum Gasteiger partial charge on any atom is -0.478 e. The van der Waals surface area contributed by atoms with Gasteiger partial charge in [0, 0.05) is 24.8 Å². The number of pyridine rings is 1. The number of hydrogen-bond acceptors (Lipinski definition) is 3. The van der Waals surface area contributed by atoms with Crippen LogP contribution < -0.4 is 15.4 Å². The van der Waals surface area contributed by atoms with Gasteiger partial charge in [0.15, 0.2) is 5.96 Å². The van der Waals surface area contributed by atoms with Gasteiger partial charge >= 0.3 is 0 Å². The topological polar surface area (TPSA) is 58.5 Å². The van der Waals surface area contributed by atoms with E-state index in [2.05, 4.69) is 41.4 Å². The van der Waals surface area contributed by atoms with E-state index in [1.807, 2.05) is 19.1 Å². The van der Waals surface area contributed by atoms with Crippen LogP contribution in [0.25, 0.3) is 0 Å². The molecule has 0 saturated carbocycles. The highest BCUT2D eigenvalue weighted by Crippen LogP contribution is 2.15. The zero-order valence-electron chi connectivity index (χ0n) is 12.9. The van der Waals surface area contributed by atoms with Crippen molar-refractivity contribution in [2.45, 2.75) is 34.2 Å². The van der Waals surface area contributed by atoms with Crippen molar-refractivity contribution >= 4 is 5.96 Å². The summed E-state index contributed by atoms with van der Waals surface area (Å²) in [6.45, 7) is 11.3. The summed E-state index contributed by atoms with van der Waals surface area (Å²) in [6.07, 6.45) is 1.74. The molecule has 0 aliphatic rings. The summed E-state index contributed by atoms with van der Waals surface area (Å²) < 4.78 is 5.51. The first kappa shape index (κ1) is 16.3. The molecule has 0 aromatic carbocycles. The van der Waals surface area contributed by atoms with Crippen molar-refractivity contribution in [2.75, 3.05) is 19.7 Å². The molecule has 0 aliphatic heterocycles. The molecule has 0 bridgehead atoms. The molecular formula is C15H26N4O. The SMILES string of the molecule is CCNC(=NCc1cccnc1OCC)NCC(C)C. The second kappa shape index (κ2) is 9.18. The number of aromatic nitrogens is 1. The van der Waals surface area contributed by atoms with Gasteiger partial charge in [0.25, 0.3) is 0 Å². The predicted molar refractivity (Wildman–Crippen MR) is 83.1 cm³/mol. The van der Waals surface area contributed by atoms with Crippen LogP contribution in [0.5, 0.6) is 5.88 Å². The Morgan fingerprint density at radius 2 is 2.15 bits per heavy atom.